The first-order valence-corrected chi connectivity index (χ1v) is 8.79. The summed E-state index contributed by atoms with van der Waals surface area (Å²) in [5.41, 5.74) is 0.995. The average Bonchev–Trinajstić information content (AvgIpc) is 2.64. The molecule has 2 N–H and O–H groups in total. The molecule has 0 unspecified atom stereocenters. The van der Waals surface area contributed by atoms with Crippen molar-refractivity contribution >= 4 is 29.1 Å². The Morgan fingerprint density at radius 3 is 2.46 bits per heavy atom. The van der Waals surface area contributed by atoms with Crippen LogP contribution in [0, 0.1) is 5.82 Å². The van der Waals surface area contributed by atoms with Gasteiger partial charge in [0, 0.05) is 31.5 Å². The Hall–Kier alpha value is -2.60. The molecule has 0 aliphatic carbocycles. The molecule has 0 aromatic heterocycles. The molecule has 2 aliphatic rings. The number of rotatable bonds is 1. The summed E-state index contributed by atoms with van der Waals surface area (Å²) < 4.78 is 13.0. The number of nitrogens with one attached hydrogen (secondary N) is 2. The lowest BCUT2D eigenvalue weighted by atomic mass is 9.92. The van der Waals surface area contributed by atoms with E-state index in [1.807, 2.05) is 0 Å². The van der Waals surface area contributed by atoms with Gasteiger partial charge in [-0.3, -0.25) is 9.59 Å². The Kier molecular flexibility index (Phi) is 4.07. The lowest BCUT2D eigenvalue weighted by Crippen LogP contribution is -2.62. The Morgan fingerprint density at radius 1 is 1.08 bits per heavy atom. The molecule has 2 heterocycles. The average molecular weight is 374 g/mol. The fourth-order valence-corrected chi connectivity index (χ4v) is 3.73. The minimum atomic E-state index is -0.616. The second-order valence-electron chi connectivity index (χ2n) is 6.62. The van der Waals surface area contributed by atoms with Crippen molar-refractivity contribution < 1.29 is 14.0 Å². The van der Waals surface area contributed by atoms with Crippen molar-refractivity contribution in [1.82, 2.24) is 10.2 Å². The van der Waals surface area contributed by atoms with E-state index in [2.05, 4.69) is 10.6 Å². The Balaban J connectivity index is 1.50. The maximum atomic E-state index is 13.0. The standard InChI is InChI=1S/C19H17ClFN3O2/c20-15-3-1-2-14-16(15)22-19(23-17(14)25)8-10-24(11-9-19)18(26)12-4-6-13(21)7-5-12/h1-7,22H,8-11H2,(H,23,25). The lowest BCUT2D eigenvalue weighted by molar-refractivity contribution is 0.0639. The van der Waals surface area contributed by atoms with E-state index in [9.17, 15) is 14.0 Å². The number of amides is 2. The summed E-state index contributed by atoms with van der Waals surface area (Å²) >= 11 is 6.24. The molecular weight excluding hydrogens is 357 g/mol. The molecule has 0 bridgehead atoms. The molecule has 26 heavy (non-hydrogen) atoms. The van der Waals surface area contributed by atoms with E-state index in [-0.39, 0.29) is 17.6 Å². The lowest BCUT2D eigenvalue weighted by Gasteiger charge is -2.46. The number of fused-ring (bicyclic) bond motifs is 1. The van der Waals surface area contributed by atoms with Crippen LogP contribution in [0.15, 0.2) is 42.5 Å². The van der Waals surface area contributed by atoms with Gasteiger partial charge in [0.15, 0.2) is 0 Å². The highest BCUT2D eigenvalue weighted by Gasteiger charge is 2.41. The summed E-state index contributed by atoms with van der Waals surface area (Å²) in [6.45, 7) is 0.951. The van der Waals surface area contributed by atoms with Gasteiger partial charge in [0.25, 0.3) is 11.8 Å². The second kappa shape index (κ2) is 6.29. The topological polar surface area (TPSA) is 61.4 Å². The molecule has 2 aromatic carbocycles. The molecule has 0 atom stereocenters. The third-order valence-electron chi connectivity index (χ3n) is 4.97. The van der Waals surface area contributed by atoms with E-state index < -0.39 is 5.66 Å². The zero-order chi connectivity index (χ0) is 18.3. The van der Waals surface area contributed by atoms with Gasteiger partial charge < -0.3 is 15.5 Å². The molecule has 1 saturated heterocycles. The van der Waals surface area contributed by atoms with Gasteiger partial charge >= 0.3 is 0 Å². The maximum absolute atomic E-state index is 13.0. The fraction of sp³-hybridized carbons (Fsp3) is 0.263. The predicted octanol–water partition coefficient (Wildman–Crippen LogP) is 3.27. The number of halogens is 2. The monoisotopic (exact) mass is 373 g/mol. The van der Waals surface area contributed by atoms with Gasteiger partial charge in [0.05, 0.1) is 16.3 Å². The molecule has 5 nitrogen and oxygen atoms in total. The molecule has 2 aliphatic heterocycles. The largest absolute Gasteiger partial charge is 0.361 e. The minimum Gasteiger partial charge on any atom is -0.361 e. The van der Waals surface area contributed by atoms with Crippen molar-refractivity contribution in [3.05, 3.63) is 64.4 Å². The van der Waals surface area contributed by atoms with E-state index >= 15 is 0 Å². The van der Waals surface area contributed by atoms with Crippen LogP contribution in [0.3, 0.4) is 0 Å². The van der Waals surface area contributed by atoms with Crippen molar-refractivity contribution in [2.45, 2.75) is 18.5 Å². The third-order valence-corrected chi connectivity index (χ3v) is 5.29. The molecule has 2 aromatic rings. The first kappa shape index (κ1) is 16.8. The smallest absolute Gasteiger partial charge is 0.255 e. The van der Waals surface area contributed by atoms with Crippen LogP contribution in [0.25, 0.3) is 0 Å². The van der Waals surface area contributed by atoms with E-state index in [0.717, 1.165) is 0 Å². The van der Waals surface area contributed by atoms with Gasteiger partial charge in [-0.2, -0.15) is 0 Å². The molecule has 1 fully saturated rings. The molecule has 2 amide bonds. The zero-order valence-corrected chi connectivity index (χ0v) is 14.6. The zero-order valence-electron chi connectivity index (χ0n) is 13.9. The Labute approximate surface area is 155 Å². The van der Waals surface area contributed by atoms with E-state index in [4.69, 9.17) is 11.6 Å². The number of anilines is 1. The van der Waals surface area contributed by atoms with Gasteiger partial charge in [0.1, 0.15) is 11.5 Å². The van der Waals surface area contributed by atoms with Crippen LogP contribution in [0.4, 0.5) is 10.1 Å². The van der Waals surface area contributed by atoms with Crippen molar-refractivity contribution in [1.29, 1.82) is 0 Å². The molecule has 0 radical (unpaired) electrons. The quantitative estimate of drug-likeness (QED) is 0.806. The predicted molar refractivity (Wildman–Crippen MR) is 96.8 cm³/mol. The number of carbonyl (C=O) groups is 2. The molecule has 4 rings (SSSR count). The molecule has 7 heteroatoms. The Morgan fingerprint density at radius 2 is 1.77 bits per heavy atom. The van der Waals surface area contributed by atoms with Crippen molar-refractivity contribution in [3.8, 4) is 0 Å². The molecule has 134 valence electrons. The van der Waals surface area contributed by atoms with Crippen molar-refractivity contribution in [2.24, 2.45) is 0 Å². The van der Waals surface area contributed by atoms with Gasteiger partial charge in [-0.25, -0.2) is 4.39 Å². The van der Waals surface area contributed by atoms with Crippen LogP contribution >= 0.6 is 11.6 Å². The van der Waals surface area contributed by atoms with Gasteiger partial charge in [0.2, 0.25) is 0 Å². The van der Waals surface area contributed by atoms with Crippen molar-refractivity contribution in [2.75, 3.05) is 18.4 Å². The summed E-state index contributed by atoms with van der Waals surface area (Å²) in [5, 5.41) is 6.89. The van der Waals surface area contributed by atoms with Crippen LogP contribution in [0.2, 0.25) is 5.02 Å². The minimum absolute atomic E-state index is 0.139. The first-order chi connectivity index (χ1) is 12.5. The van der Waals surface area contributed by atoms with Crippen molar-refractivity contribution in [3.63, 3.8) is 0 Å². The number of para-hydroxylation sites is 1. The third kappa shape index (κ3) is 2.90. The van der Waals surface area contributed by atoms with Crippen LogP contribution in [0.5, 0.6) is 0 Å². The highest BCUT2D eigenvalue weighted by molar-refractivity contribution is 6.34. The molecule has 0 saturated carbocycles. The molecular formula is C19H17ClFN3O2. The Bertz CT molecular complexity index is 877. The van der Waals surface area contributed by atoms with Crippen LogP contribution in [0.1, 0.15) is 33.6 Å². The maximum Gasteiger partial charge on any atom is 0.255 e. The fourth-order valence-electron chi connectivity index (χ4n) is 3.51. The first-order valence-electron chi connectivity index (χ1n) is 8.41. The number of carbonyl (C=O) groups excluding carboxylic acids is 2. The highest BCUT2D eigenvalue weighted by atomic mass is 35.5. The number of hydrogen-bond acceptors (Lipinski definition) is 3. The highest BCUT2D eigenvalue weighted by Crippen LogP contribution is 2.35. The van der Waals surface area contributed by atoms with E-state index in [1.165, 1.54) is 24.3 Å². The van der Waals surface area contributed by atoms with E-state index in [1.54, 1.807) is 23.1 Å². The van der Waals surface area contributed by atoms with Crippen LogP contribution in [-0.4, -0.2) is 35.5 Å². The summed E-state index contributed by atoms with van der Waals surface area (Å²) in [6, 6.07) is 10.7. The summed E-state index contributed by atoms with van der Waals surface area (Å²) in [6.07, 6.45) is 1.10. The summed E-state index contributed by atoms with van der Waals surface area (Å²) in [4.78, 5) is 26.7. The molecule has 1 spiro atoms. The van der Waals surface area contributed by atoms with Crippen LogP contribution < -0.4 is 10.6 Å². The number of nitrogens with zero attached hydrogens (tertiary/aromatic N) is 1. The number of likely N-dealkylation sites (tertiary alicyclic amines) is 1. The summed E-state index contributed by atoms with van der Waals surface area (Å²) in [5.74, 6) is -0.677. The van der Waals surface area contributed by atoms with Gasteiger partial charge in [-0.05, 0) is 36.4 Å². The number of piperidine rings is 1. The van der Waals surface area contributed by atoms with E-state index in [0.29, 0.717) is 47.8 Å². The number of benzene rings is 2. The van der Waals surface area contributed by atoms with Gasteiger partial charge in [-0.1, -0.05) is 17.7 Å². The van der Waals surface area contributed by atoms with Gasteiger partial charge in [-0.15, -0.1) is 0 Å². The van der Waals surface area contributed by atoms with Crippen LogP contribution in [-0.2, 0) is 0 Å². The SMILES string of the molecule is O=C1NC2(CCN(C(=O)c3ccc(F)cc3)CC2)Nc2c(Cl)cccc21. The normalized spacial score (nSPS) is 18.1. The second-order valence-corrected chi connectivity index (χ2v) is 7.03. The number of hydrogen-bond donors (Lipinski definition) is 2. The summed E-state index contributed by atoms with van der Waals surface area (Å²) in [7, 11) is 0.